The molecule has 0 bridgehead atoms. The Balaban J connectivity index is 1.46. The van der Waals surface area contributed by atoms with E-state index in [1.54, 1.807) is 12.3 Å². The summed E-state index contributed by atoms with van der Waals surface area (Å²) in [5.41, 5.74) is 3.47. The first kappa shape index (κ1) is 22.8. The van der Waals surface area contributed by atoms with E-state index in [0.717, 1.165) is 21.8 Å². The molecule has 2 aromatic carbocycles. The molecule has 0 saturated carbocycles. The molecule has 166 valence electrons. The number of pyridine rings is 1. The largest absolute Gasteiger partial charge is 0.322 e. The third-order valence-electron chi connectivity index (χ3n) is 4.83. The Hall–Kier alpha value is -3.42. The van der Waals surface area contributed by atoms with E-state index < -0.39 is 0 Å². The third kappa shape index (κ3) is 5.88. The van der Waals surface area contributed by atoms with E-state index in [9.17, 15) is 9.59 Å². The molecule has 8 heteroatoms. The fraction of sp³-hybridized carbons (Fsp3) is 0.120. The predicted octanol–water partition coefficient (Wildman–Crippen LogP) is 5.36. The van der Waals surface area contributed by atoms with Crippen LogP contribution in [0.4, 0.5) is 5.69 Å². The van der Waals surface area contributed by atoms with Crippen molar-refractivity contribution in [2.24, 2.45) is 0 Å². The van der Waals surface area contributed by atoms with Gasteiger partial charge in [-0.1, -0.05) is 29.8 Å². The Morgan fingerprint density at radius 1 is 1.00 bits per heavy atom. The van der Waals surface area contributed by atoms with Gasteiger partial charge in [-0.3, -0.25) is 9.59 Å². The number of halogens is 1. The summed E-state index contributed by atoms with van der Waals surface area (Å²) in [6.07, 6.45) is 1.54. The summed E-state index contributed by atoms with van der Waals surface area (Å²) in [5.74, 6) is -0.305. The minimum Gasteiger partial charge on any atom is -0.322 e. The van der Waals surface area contributed by atoms with Crippen molar-refractivity contribution >= 4 is 35.0 Å². The van der Waals surface area contributed by atoms with Crippen LogP contribution in [0, 0.1) is 13.8 Å². The van der Waals surface area contributed by atoms with Gasteiger partial charge >= 0.3 is 0 Å². The zero-order valence-corrected chi connectivity index (χ0v) is 19.7. The molecule has 4 aromatic rings. The number of rotatable bonds is 6. The summed E-state index contributed by atoms with van der Waals surface area (Å²) < 4.78 is 1.47. The van der Waals surface area contributed by atoms with Crippen LogP contribution in [-0.4, -0.2) is 20.4 Å². The molecule has 0 fully saturated rings. The fourth-order valence-electron chi connectivity index (χ4n) is 3.25. The number of amides is 1. The van der Waals surface area contributed by atoms with Crippen molar-refractivity contribution in [2.75, 3.05) is 5.32 Å². The zero-order valence-electron chi connectivity index (χ0n) is 18.1. The second-order valence-corrected chi connectivity index (χ2v) is 8.94. The Labute approximate surface area is 200 Å². The van der Waals surface area contributed by atoms with Gasteiger partial charge in [-0.2, -0.15) is 0 Å². The maximum absolute atomic E-state index is 12.8. The van der Waals surface area contributed by atoms with Gasteiger partial charge in [0.15, 0.2) is 5.16 Å². The average Bonchev–Trinajstić information content (AvgIpc) is 2.77. The van der Waals surface area contributed by atoms with E-state index in [4.69, 9.17) is 11.6 Å². The average molecular weight is 477 g/mol. The number of carbonyl (C=O) groups excluding carboxylic acids is 1. The van der Waals surface area contributed by atoms with Gasteiger partial charge in [-0.05, 0) is 73.6 Å². The highest BCUT2D eigenvalue weighted by Crippen LogP contribution is 2.26. The van der Waals surface area contributed by atoms with E-state index >= 15 is 0 Å². The van der Waals surface area contributed by atoms with Crippen LogP contribution in [0.2, 0.25) is 5.02 Å². The van der Waals surface area contributed by atoms with Crippen molar-refractivity contribution in [2.45, 2.75) is 30.4 Å². The zero-order chi connectivity index (χ0) is 23.4. The molecule has 0 atom stereocenters. The number of aryl methyl sites for hydroxylation is 2. The van der Waals surface area contributed by atoms with Crippen LogP contribution >= 0.6 is 23.4 Å². The first-order chi connectivity index (χ1) is 15.9. The van der Waals surface area contributed by atoms with Crippen LogP contribution < -0.4 is 10.9 Å². The van der Waals surface area contributed by atoms with Gasteiger partial charge in [0.05, 0.1) is 12.1 Å². The standard InChI is InChI=1S/C25H21ClN4O2S/c1-16-13-17(2)28-25(27-16)33-21-10-8-20(9-11-21)29-24(32)19-7-12-23(31)30(15-19)14-18-5-3-4-6-22(18)26/h3-13,15H,14H2,1-2H3,(H,29,32). The lowest BCUT2D eigenvalue weighted by molar-refractivity contribution is 0.102. The van der Waals surface area contributed by atoms with Gasteiger partial charge < -0.3 is 9.88 Å². The Kier molecular flexibility index (Phi) is 6.91. The number of nitrogens with one attached hydrogen (secondary N) is 1. The quantitative estimate of drug-likeness (QED) is 0.379. The molecule has 0 radical (unpaired) electrons. The summed E-state index contributed by atoms with van der Waals surface area (Å²) in [5, 5.41) is 4.13. The summed E-state index contributed by atoms with van der Waals surface area (Å²) in [4.78, 5) is 34.9. The van der Waals surface area contributed by atoms with Crippen LogP contribution in [0.5, 0.6) is 0 Å². The van der Waals surface area contributed by atoms with Gasteiger partial charge in [-0.15, -0.1) is 0 Å². The molecule has 0 saturated heterocycles. The lowest BCUT2D eigenvalue weighted by Gasteiger charge is -2.10. The second-order valence-electron chi connectivity index (χ2n) is 7.49. The highest BCUT2D eigenvalue weighted by atomic mass is 35.5. The first-order valence-corrected chi connectivity index (χ1v) is 11.4. The van der Waals surface area contributed by atoms with Crippen LogP contribution in [0.25, 0.3) is 0 Å². The lowest BCUT2D eigenvalue weighted by Crippen LogP contribution is -2.22. The Morgan fingerprint density at radius 2 is 1.70 bits per heavy atom. The third-order valence-corrected chi connectivity index (χ3v) is 6.07. The number of hydrogen-bond acceptors (Lipinski definition) is 5. The molecule has 0 unspecified atom stereocenters. The van der Waals surface area contributed by atoms with E-state index in [0.29, 0.717) is 21.4 Å². The molecule has 1 N–H and O–H groups in total. The molecule has 4 rings (SSSR count). The van der Waals surface area contributed by atoms with Crippen molar-refractivity contribution < 1.29 is 4.79 Å². The van der Waals surface area contributed by atoms with E-state index in [2.05, 4.69) is 15.3 Å². The van der Waals surface area contributed by atoms with Gasteiger partial charge in [0.1, 0.15) is 0 Å². The number of anilines is 1. The van der Waals surface area contributed by atoms with Gasteiger partial charge in [0, 0.05) is 39.3 Å². The lowest BCUT2D eigenvalue weighted by atomic mass is 10.2. The molecule has 1 amide bonds. The molecular weight excluding hydrogens is 456 g/mol. The fourth-order valence-corrected chi connectivity index (χ4v) is 4.31. The van der Waals surface area contributed by atoms with Gasteiger partial charge in [0.2, 0.25) is 0 Å². The highest BCUT2D eigenvalue weighted by Gasteiger charge is 2.10. The highest BCUT2D eigenvalue weighted by molar-refractivity contribution is 7.99. The van der Waals surface area contributed by atoms with Gasteiger partial charge in [-0.25, -0.2) is 9.97 Å². The maximum Gasteiger partial charge on any atom is 0.257 e. The molecule has 2 heterocycles. The van der Waals surface area contributed by atoms with Gasteiger partial charge in [0.25, 0.3) is 11.5 Å². The number of nitrogens with zero attached hydrogens (tertiary/aromatic N) is 3. The summed E-state index contributed by atoms with van der Waals surface area (Å²) in [6, 6.07) is 19.6. The summed E-state index contributed by atoms with van der Waals surface area (Å²) >= 11 is 7.67. The molecule has 0 aliphatic heterocycles. The number of benzene rings is 2. The number of carbonyl (C=O) groups is 1. The van der Waals surface area contributed by atoms with Crippen molar-refractivity contribution in [1.82, 2.24) is 14.5 Å². The molecule has 0 spiro atoms. The van der Waals surface area contributed by atoms with Crippen LogP contribution in [0.15, 0.2) is 87.8 Å². The maximum atomic E-state index is 12.8. The van der Waals surface area contributed by atoms with Crippen LogP contribution in [0.1, 0.15) is 27.3 Å². The molecule has 33 heavy (non-hydrogen) atoms. The molecular formula is C25H21ClN4O2S. The minimum absolute atomic E-state index is 0.207. The van der Waals surface area contributed by atoms with Crippen molar-refractivity contribution in [3.63, 3.8) is 0 Å². The summed E-state index contributed by atoms with van der Waals surface area (Å²) in [6.45, 7) is 4.16. The topological polar surface area (TPSA) is 76.9 Å². The van der Waals surface area contributed by atoms with E-state index in [1.165, 1.54) is 28.5 Å². The van der Waals surface area contributed by atoms with Crippen LogP contribution in [-0.2, 0) is 6.54 Å². The van der Waals surface area contributed by atoms with Crippen molar-refractivity contribution in [1.29, 1.82) is 0 Å². The van der Waals surface area contributed by atoms with Crippen molar-refractivity contribution in [3.8, 4) is 0 Å². The smallest absolute Gasteiger partial charge is 0.257 e. The Morgan fingerprint density at radius 3 is 2.39 bits per heavy atom. The summed E-state index contributed by atoms with van der Waals surface area (Å²) in [7, 11) is 0. The van der Waals surface area contributed by atoms with Crippen molar-refractivity contribution in [3.05, 3.63) is 111 Å². The Bertz CT molecular complexity index is 1350. The predicted molar refractivity (Wildman–Crippen MR) is 131 cm³/mol. The molecule has 2 aromatic heterocycles. The normalized spacial score (nSPS) is 10.8. The van der Waals surface area contributed by atoms with Crippen LogP contribution in [0.3, 0.4) is 0 Å². The number of hydrogen-bond donors (Lipinski definition) is 1. The van der Waals surface area contributed by atoms with E-state index in [1.807, 2.05) is 62.4 Å². The minimum atomic E-state index is -0.305. The SMILES string of the molecule is Cc1cc(C)nc(Sc2ccc(NC(=O)c3ccc(=O)n(Cc4ccccc4Cl)c3)cc2)n1. The second kappa shape index (κ2) is 10.0. The molecule has 6 nitrogen and oxygen atoms in total. The van der Waals surface area contributed by atoms with E-state index in [-0.39, 0.29) is 18.0 Å². The monoisotopic (exact) mass is 476 g/mol. The molecule has 0 aliphatic carbocycles. The molecule has 0 aliphatic rings. The first-order valence-electron chi connectivity index (χ1n) is 10.2. The number of aromatic nitrogens is 3.